The Morgan fingerprint density at radius 3 is 2.64 bits per heavy atom. The minimum absolute atomic E-state index is 0.536. The van der Waals surface area contributed by atoms with Crippen molar-refractivity contribution in [1.82, 2.24) is 9.88 Å². The summed E-state index contributed by atoms with van der Waals surface area (Å²) in [5.41, 5.74) is 2.00. The molecule has 7 nitrogen and oxygen atoms in total. The van der Waals surface area contributed by atoms with Gasteiger partial charge < -0.3 is 34.7 Å². The van der Waals surface area contributed by atoms with Crippen LogP contribution in [0.4, 0.5) is 0 Å². The number of nitrogens with one attached hydrogen (secondary N) is 1. The van der Waals surface area contributed by atoms with Gasteiger partial charge in [-0.25, -0.2) is 0 Å². The van der Waals surface area contributed by atoms with Gasteiger partial charge in [0.05, 0.1) is 11.6 Å². The number of likely N-dealkylation sites (N-methyl/N-ethyl adjacent to an activating group) is 1. The number of aromatic nitrogens is 1. The van der Waals surface area contributed by atoms with Crippen molar-refractivity contribution in [2.24, 2.45) is 0 Å². The average Bonchev–Trinajstić information content (AvgIpc) is 3.00. The predicted octanol–water partition coefficient (Wildman–Crippen LogP) is 0.478. The smallest absolute Gasteiger partial charge is 0.229 e. The molecule has 1 aromatic heterocycles. The van der Waals surface area contributed by atoms with Gasteiger partial charge in [-0.05, 0) is 39.1 Å². The lowest BCUT2D eigenvalue weighted by molar-refractivity contribution is -0.267. The minimum Gasteiger partial charge on any atom is -0.460 e. The van der Waals surface area contributed by atoms with E-state index in [2.05, 4.69) is 9.88 Å². The summed E-state index contributed by atoms with van der Waals surface area (Å²) in [6, 6.07) is 5.68. The van der Waals surface area contributed by atoms with E-state index in [4.69, 9.17) is 9.47 Å². The standard InChI is InChI=1S/C18H26N2O5/c1-10-15(21)16(22)17(23)18(24-10)25-13-6-4-5-12-11(7-8-20(2)3)9-19-14(12)13/h4-6,9-10,15-19,21-23H,7-8H2,1-3H3. The Balaban J connectivity index is 1.82. The van der Waals surface area contributed by atoms with Gasteiger partial charge in [0.1, 0.15) is 24.1 Å². The molecule has 4 N–H and O–H groups in total. The molecule has 2 aromatic rings. The molecule has 0 spiro atoms. The molecular weight excluding hydrogens is 324 g/mol. The Hall–Kier alpha value is -1.64. The Morgan fingerprint density at radius 1 is 1.16 bits per heavy atom. The SMILES string of the molecule is CC1OC(Oc2cccc3c(CCN(C)C)c[nH]c23)C(O)C(O)C1O. The van der Waals surface area contributed by atoms with Crippen molar-refractivity contribution in [2.45, 2.75) is 44.1 Å². The number of aliphatic hydroxyl groups is 3. The lowest BCUT2D eigenvalue weighted by atomic mass is 10.00. The highest BCUT2D eigenvalue weighted by Crippen LogP contribution is 2.31. The van der Waals surface area contributed by atoms with E-state index in [-0.39, 0.29) is 0 Å². The molecule has 0 radical (unpaired) electrons. The van der Waals surface area contributed by atoms with Crippen molar-refractivity contribution in [3.63, 3.8) is 0 Å². The summed E-state index contributed by atoms with van der Waals surface area (Å²) in [5, 5.41) is 30.9. The lowest BCUT2D eigenvalue weighted by Crippen LogP contribution is -2.58. The second-order valence-corrected chi connectivity index (χ2v) is 6.85. The Labute approximate surface area is 146 Å². The van der Waals surface area contributed by atoms with E-state index in [1.54, 1.807) is 13.0 Å². The number of hydrogen-bond acceptors (Lipinski definition) is 6. The van der Waals surface area contributed by atoms with Crippen molar-refractivity contribution < 1.29 is 24.8 Å². The van der Waals surface area contributed by atoms with Crippen LogP contribution in [0, 0.1) is 0 Å². The summed E-state index contributed by atoms with van der Waals surface area (Å²) in [6.45, 7) is 2.56. The maximum Gasteiger partial charge on any atom is 0.229 e. The Bertz CT molecular complexity index is 717. The minimum atomic E-state index is -1.33. The molecule has 1 aromatic carbocycles. The molecule has 7 heteroatoms. The molecule has 2 heterocycles. The van der Waals surface area contributed by atoms with Crippen LogP contribution in [-0.2, 0) is 11.2 Å². The fourth-order valence-corrected chi connectivity index (χ4v) is 3.07. The average molecular weight is 350 g/mol. The number of benzene rings is 1. The van der Waals surface area contributed by atoms with Gasteiger partial charge in [0.15, 0.2) is 0 Å². The van der Waals surface area contributed by atoms with Gasteiger partial charge in [0.25, 0.3) is 0 Å². The summed E-state index contributed by atoms with van der Waals surface area (Å²) in [7, 11) is 4.07. The predicted molar refractivity (Wildman–Crippen MR) is 93.5 cm³/mol. The fourth-order valence-electron chi connectivity index (χ4n) is 3.07. The van der Waals surface area contributed by atoms with Crippen LogP contribution in [0.25, 0.3) is 10.9 Å². The summed E-state index contributed by atoms with van der Waals surface area (Å²) in [4.78, 5) is 5.35. The molecule has 1 aliphatic rings. The number of H-pyrrole nitrogens is 1. The van der Waals surface area contributed by atoms with Crippen molar-refractivity contribution >= 4 is 10.9 Å². The number of fused-ring (bicyclic) bond motifs is 1. The number of aromatic amines is 1. The van der Waals surface area contributed by atoms with Gasteiger partial charge in [0, 0.05) is 18.1 Å². The van der Waals surface area contributed by atoms with Crippen LogP contribution >= 0.6 is 0 Å². The number of ether oxygens (including phenoxy) is 2. The molecule has 0 amide bonds. The molecule has 0 saturated carbocycles. The van der Waals surface area contributed by atoms with E-state index in [0.717, 1.165) is 23.9 Å². The van der Waals surface area contributed by atoms with Gasteiger partial charge in [-0.2, -0.15) is 0 Å². The van der Waals surface area contributed by atoms with Crippen LogP contribution in [0.1, 0.15) is 12.5 Å². The third kappa shape index (κ3) is 3.65. The first kappa shape index (κ1) is 18.2. The van der Waals surface area contributed by atoms with Gasteiger partial charge >= 0.3 is 0 Å². The monoisotopic (exact) mass is 350 g/mol. The van der Waals surface area contributed by atoms with E-state index < -0.39 is 30.7 Å². The molecule has 138 valence electrons. The number of hydrogen-bond donors (Lipinski definition) is 4. The van der Waals surface area contributed by atoms with Crippen molar-refractivity contribution in [1.29, 1.82) is 0 Å². The first-order chi connectivity index (χ1) is 11.9. The molecule has 1 saturated heterocycles. The number of para-hydroxylation sites is 1. The zero-order valence-electron chi connectivity index (χ0n) is 14.7. The maximum absolute atomic E-state index is 10.1. The Morgan fingerprint density at radius 2 is 1.92 bits per heavy atom. The van der Waals surface area contributed by atoms with E-state index in [1.807, 2.05) is 32.4 Å². The van der Waals surface area contributed by atoms with Crippen LogP contribution in [0.15, 0.2) is 24.4 Å². The van der Waals surface area contributed by atoms with Crippen LogP contribution in [-0.4, -0.2) is 76.5 Å². The van der Waals surface area contributed by atoms with Crippen molar-refractivity contribution in [2.75, 3.05) is 20.6 Å². The van der Waals surface area contributed by atoms with Gasteiger partial charge in [0.2, 0.25) is 6.29 Å². The van der Waals surface area contributed by atoms with Gasteiger partial charge in [-0.1, -0.05) is 12.1 Å². The molecule has 1 fully saturated rings. The molecule has 25 heavy (non-hydrogen) atoms. The summed E-state index contributed by atoms with van der Waals surface area (Å²) in [5.74, 6) is 0.536. The van der Waals surface area contributed by atoms with Crippen molar-refractivity contribution in [3.05, 3.63) is 30.0 Å². The zero-order chi connectivity index (χ0) is 18.1. The number of rotatable bonds is 5. The topological polar surface area (TPSA) is 98.2 Å². The van der Waals surface area contributed by atoms with Crippen LogP contribution in [0.2, 0.25) is 0 Å². The number of nitrogens with zero attached hydrogens (tertiary/aromatic N) is 1. The lowest BCUT2D eigenvalue weighted by Gasteiger charge is -2.38. The molecular formula is C18H26N2O5. The molecule has 1 aliphatic heterocycles. The van der Waals surface area contributed by atoms with E-state index in [1.165, 1.54) is 5.56 Å². The van der Waals surface area contributed by atoms with E-state index in [0.29, 0.717) is 5.75 Å². The third-order valence-electron chi connectivity index (χ3n) is 4.64. The third-order valence-corrected chi connectivity index (χ3v) is 4.64. The quantitative estimate of drug-likeness (QED) is 0.626. The second kappa shape index (κ2) is 7.31. The number of aliphatic hydroxyl groups excluding tert-OH is 3. The first-order valence-corrected chi connectivity index (χ1v) is 8.48. The molecule has 0 bridgehead atoms. The second-order valence-electron chi connectivity index (χ2n) is 6.85. The summed E-state index contributed by atoms with van der Waals surface area (Å²) in [6.07, 6.45) is -2.61. The van der Waals surface area contributed by atoms with Gasteiger partial charge in [-0.3, -0.25) is 0 Å². The van der Waals surface area contributed by atoms with Crippen LogP contribution < -0.4 is 4.74 Å². The zero-order valence-corrected chi connectivity index (χ0v) is 14.7. The largest absolute Gasteiger partial charge is 0.460 e. The van der Waals surface area contributed by atoms with Gasteiger partial charge in [-0.15, -0.1) is 0 Å². The first-order valence-electron chi connectivity index (χ1n) is 8.48. The van der Waals surface area contributed by atoms with Crippen molar-refractivity contribution in [3.8, 4) is 5.75 Å². The molecule has 0 aliphatic carbocycles. The molecule has 5 atom stereocenters. The van der Waals surface area contributed by atoms with Crippen LogP contribution in [0.3, 0.4) is 0 Å². The summed E-state index contributed by atoms with van der Waals surface area (Å²) < 4.78 is 11.3. The highest BCUT2D eigenvalue weighted by molar-refractivity contribution is 5.88. The van der Waals surface area contributed by atoms with E-state index in [9.17, 15) is 15.3 Å². The summed E-state index contributed by atoms with van der Waals surface area (Å²) >= 11 is 0. The fraction of sp³-hybridized carbons (Fsp3) is 0.556. The normalized spacial score (nSPS) is 30.1. The Kier molecular flexibility index (Phi) is 5.31. The highest BCUT2D eigenvalue weighted by Gasteiger charge is 2.43. The maximum atomic E-state index is 10.1. The van der Waals surface area contributed by atoms with Crippen LogP contribution in [0.5, 0.6) is 5.75 Å². The molecule has 3 rings (SSSR count). The highest BCUT2D eigenvalue weighted by atomic mass is 16.7. The molecule has 5 unspecified atom stereocenters. The van der Waals surface area contributed by atoms with E-state index >= 15 is 0 Å².